The maximum atomic E-state index is 12.1. The van der Waals surface area contributed by atoms with Gasteiger partial charge in [0.25, 0.3) is 5.91 Å². The van der Waals surface area contributed by atoms with Crippen molar-refractivity contribution in [3.8, 4) is 5.69 Å². The normalized spacial score (nSPS) is 10.3. The largest absolute Gasteiger partial charge is 0.273 e. The van der Waals surface area contributed by atoms with Crippen molar-refractivity contribution in [1.29, 1.82) is 0 Å². The van der Waals surface area contributed by atoms with Crippen molar-refractivity contribution >= 4 is 23.4 Å². The second kappa shape index (κ2) is 7.59. The summed E-state index contributed by atoms with van der Waals surface area (Å²) in [6, 6.07) is 13.7. The van der Waals surface area contributed by atoms with E-state index in [9.17, 15) is 9.59 Å². The molecule has 126 valence electrons. The highest BCUT2D eigenvalue weighted by Gasteiger charge is 2.08. The molecule has 0 unspecified atom stereocenters. The lowest BCUT2D eigenvalue weighted by Gasteiger charge is -2.08. The summed E-state index contributed by atoms with van der Waals surface area (Å²) in [6.07, 6.45) is 3.13. The average Bonchev–Trinajstić information content (AvgIpc) is 3.16. The van der Waals surface area contributed by atoms with Crippen molar-refractivity contribution in [2.24, 2.45) is 0 Å². The maximum Gasteiger partial charge on any atom is 0.269 e. The van der Waals surface area contributed by atoms with Gasteiger partial charge in [-0.05, 0) is 42.0 Å². The van der Waals surface area contributed by atoms with Gasteiger partial charge in [0, 0.05) is 10.6 Å². The molecule has 8 heteroatoms. The van der Waals surface area contributed by atoms with Crippen molar-refractivity contribution in [2.75, 3.05) is 0 Å². The highest BCUT2D eigenvalue weighted by Crippen LogP contribution is 2.10. The van der Waals surface area contributed by atoms with Crippen LogP contribution in [0.25, 0.3) is 5.69 Å². The van der Waals surface area contributed by atoms with Gasteiger partial charge in [-0.1, -0.05) is 23.7 Å². The SMILES string of the molecule is O=C(Cc1ccc(Cl)cc1)NNC(=O)c1ccc(-n2cncn2)cc1. The van der Waals surface area contributed by atoms with Gasteiger partial charge in [-0.3, -0.25) is 20.4 Å². The summed E-state index contributed by atoms with van der Waals surface area (Å²) >= 11 is 5.80. The summed E-state index contributed by atoms with van der Waals surface area (Å²) in [5, 5.41) is 4.61. The molecule has 3 aromatic rings. The van der Waals surface area contributed by atoms with Gasteiger partial charge in [-0.15, -0.1) is 0 Å². The summed E-state index contributed by atoms with van der Waals surface area (Å²) in [7, 11) is 0. The summed E-state index contributed by atoms with van der Waals surface area (Å²) in [6.45, 7) is 0. The molecular weight excluding hydrogens is 342 g/mol. The minimum absolute atomic E-state index is 0.142. The molecule has 0 radical (unpaired) electrons. The van der Waals surface area contributed by atoms with Crippen molar-refractivity contribution in [1.82, 2.24) is 25.6 Å². The summed E-state index contributed by atoms with van der Waals surface area (Å²) in [5.74, 6) is -0.732. The molecule has 0 fully saturated rings. The zero-order chi connectivity index (χ0) is 17.6. The van der Waals surface area contributed by atoms with Gasteiger partial charge >= 0.3 is 0 Å². The van der Waals surface area contributed by atoms with E-state index in [0.29, 0.717) is 10.6 Å². The third kappa shape index (κ3) is 4.42. The second-order valence-corrected chi connectivity index (χ2v) is 5.63. The summed E-state index contributed by atoms with van der Waals surface area (Å²) < 4.78 is 1.58. The Labute approximate surface area is 148 Å². The second-order valence-electron chi connectivity index (χ2n) is 5.19. The van der Waals surface area contributed by atoms with E-state index in [1.54, 1.807) is 59.5 Å². The zero-order valence-corrected chi connectivity index (χ0v) is 13.8. The van der Waals surface area contributed by atoms with Gasteiger partial charge in [0.1, 0.15) is 12.7 Å². The number of carbonyl (C=O) groups excluding carboxylic acids is 2. The van der Waals surface area contributed by atoms with E-state index in [4.69, 9.17) is 11.6 Å². The Balaban J connectivity index is 1.53. The number of benzene rings is 2. The number of hydrogen-bond acceptors (Lipinski definition) is 4. The van der Waals surface area contributed by atoms with Crippen LogP contribution in [0.5, 0.6) is 0 Å². The Morgan fingerprint density at radius 3 is 2.36 bits per heavy atom. The molecule has 25 heavy (non-hydrogen) atoms. The van der Waals surface area contributed by atoms with E-state index in [1.165, 1.54) is 6.33 Å². The lowest BCUT2D eigenvalue weighted by Crippen LogP contribution is -2.42. The van der Waals surface area contributed by atoms with Crippen LogP contribution in [0.1, 0.15) is 15.9 Å². The molecule has 2 amide bonds. The van der Waals surface area contributed by atoms with Gasteiger partial charge in [0.05, 0.1) is 12.1 Å². The zero-order valence-electron chi connectivity index (χ0n) is 13.0. The Bertz CT molecular complexity index is 861. The third-order valence-electron chi connectivity index (χ3n) is 3.41. The molecule has 0 spiro atoms. The van der Waals surface area contributed by atoms with Crippen molar-refractivity contribution in [3.63, 3.8) is 0 Å². The molecule has 7 nitrogen and oxygen atoms in total. The van der Waals surface area contributed by atoms with Crippen LogP contribution in [0.4, 0.5) is 0 Å². The van der Waals surface area contributed by atoms with Gasteiger partial charge in [-0.2, -0.15) is 5.10 Å². The van der Waals surface area contributed by atoms with Crippen LogP contribution in [0.15, 0.2) is 61.2 Å². The fraction of sp³-hybridized carbons (Fsp3) is 0.0588. The van der Waals surface area contributed by atoms with Gasteiger partial charge in [0.2, 0.25) is 5.91 Å². The molecule has 3 rings (SSSR count). The molecule has 1 aromatic heterocycles. The molecular formula is C17H14ClN5O2. The number of nitrogens with zero attached hydrogens (tertiary/aromatic N) is 3. The van der Waals surface area contributed by atoms with Crippen LogP contribution in [-0.2, 0) is 11.2 Å². The molecule has 0 aliphatic rings. The third-order valence-corrected chi connectivity index (χ3v) is 3.66. The standard InChI is InChI=1S/C17H14ClN5O2/c18-14-5-1-12(2-6-14)9-16(24)21-22-17(25)13-3-7-15(8-4-13)23-11-19-10-20-23/h1-8,10-11H,9H2,(H,21,24)(H,22,25). The number of amides is 2. The van der Waals surface area contributed by atoms with E-state index >= 15 is 0 Å². The summed E-state index contributed by atoms with van der Waals surface area (Å²) in [4.78, 5) is 27.8. The molecule has 0 aliphatic heterocycles. The van der Waals surface area contributed by atoms with E-state index < -0.39 is 5.91 Å². The fourth-order valence-electron chi connectivity index (χ4n) is 2.14. The number of carbonyl (C=O) groups is 2. The smallest absolute Gasteiger partial charge is 0.269 e. The van der Waals surface area contributed by atoms with E-state index in [2.05, 4.69) is 20.9 Å². The lowest BCUT2D eigenvalue weighted by molar-refractivity contribution is -0.121. The fourth-order valence-corrected chi connectivity index (χ4v) is 2.26. The summed E-state index contributed by atoms with van der Waals surface area (Å²) in [5.41, 5.74) is 6.76. The molecule has 0 atom stereocenters. The van der Waals surface area contributed by atoms with Crippen LogP contribution in [0, 0.1) is 0 Å². The molecule has 0 bridgehead atoms. The Morgan fingerprint density at radius 1 is 1.00 bits per heavy atom. The van der Waals surface area contributed by atoms with Gasteiger partial charge in [0.15, 0.2) is 0 Å². The van der Waals surface area contributed by atoms with Gasteiger partial charge in [-0.25, -0.2) is 9.67 Å². The molecule has 0 saturated carbocycles. The first-order valence-corrected chi connectivity index (χ1v) is 7.78. The number of hydrazine groups is 1. The first kappa shape index (κ1) is 16.7. The van der Waals surface area contributed by atoms with Crippen LogP contribution < -0.4 is 10.9 Å². The highest BCUT2D eigenvalue weighted by molar-refractivity contribution is 6.30. The van der Waals surface area contributed by atoms with Crippen LogP contribution >= 0.6 is 11.6 Å². The molecule has 2 N–H and O–H groups in total. The number of halogens is 1. The van der Waals surface area contributed by atoms with E-state index in [1.807, 2.05) is 0 Å². The lowest BCUT2D eigenvalue weighted by atomic mass is 10.1. The minimum Gasteiger partial charge on any atom is -0.273 e. The molecule has 0 saturated heterocycles. The molecule has 2 aromatic carbocycles. The maximum absolute atomic E-state index is 12.1. The Hall–Kier alpha value is -3.19. The minimum atomic E-state index is -0.408. The van der Waals surface area contributed by atoms with Crippen LogP contribution in [0.3, 0.4) is 0 Å². The predicted octanol–water partition coefficient (Wildman–Crippen LogP) is 1.92. The number of aromatic nitrogens is 3. The van der Waals surface area contributed by atoms with Crippen molar-refractivity contribution in [3.05, 3.63) is 77.3 Å². The topological polar surface area (TPSA) is 88.9 Å². The predicted molar refractivity (Wildman–Crippen MR) is 92.1 cm³/mol. The van der Waals surface area contributed by atoms with Gasteiger partial charge < -0.3 is 0 Å². The number of hydrogen-bond donors (Lipinski definition) is 2. The Morgan fingerprint density at radius 2 is 1.72 bits per heavy atom. The number of nitrogens with one attached hydrogen (secondary N) is 2. The highest BCUT2D eigenvalue weighted by atomic mass is 35.5. The monoisotopic (exact) mass is 355 g/mol. The van der Waals surface area contributed by atoms with Crippen molar-refractivity contribution in [2.45, 2.75) is 6.42 Å². The first-order chi connectivity index (χ1) is 12.1. The van der Waals surface area contributed by atoms with E-state index in [0.717, 1.165) is 11.3 Å². The molecule has 1 heterocycles. The van der Waals surface area contributed by atoms with Crippen molar-refractivity contribution < 1.29 is 9.59 Å². The number of rotatable bonds is 4. The van der Waals surface area contributed by atoms with E-state index in [-0.39, 0.29) is 12.3 Å². The molecule has 0 aliphatic carbocycles. The Kier molecular flexibility index (Phi) is 5.06. The average molecular weight is 356 g/mol. The first-order valence-electron chi connectivity index (χ1n) is 7.40. The van der Waals surface area contributed by atoms with Crippen LogP contribution in [0.2, 0.25) is 5.02 Å². The van der Waals surface area contributed by atoms with Crippen LogP contribution in [-0.4, -0.2) is 26.6 Å². The quantitative estimate of drug-likeness (QED) is 0.700.